The molecule has 4 saturated heterocycles. The first-order chi connectivity index (χ1) is 28.8. The molecule has 7 rings (SSSR count). The Labute approximate surface area is 358 Å². The fourth-order valence-electron chi connectivity index (χ4n) is 9.88. The van der Waals surface area contributed by atoms with Crippen molar-refractivity contribution in [3.8, 4) is 0 Å². The molecule has 12 heteroatoms. The van der Waals surface area contributed by atoms with Gasteiger partial charge in [-0.1, -0.05) is 146 Å². The first kappa shape index (κ1) is 45.5. The highest BCUT2D eigenvalue weighted by Crippen LogP contribution is 2.52. The summed E-state index contributed by atoms with van der Waals surface area (Å²) in [4.78, 5) is 0. The largest absolute Gasteiger partial charge is 0.391 e. The van der Waals surface area contributed by atoms with Crippen molar-refractivity contribution in [2.45, 2.75) is 153 Å². The van der Waals surface area contributed by atoms with Gasteiger partial charge in [0.15, 0.2) is 24.5 Å². The highest BCUT2D eigenvalue weighted by molar-refractivity contribution is 6.77. The van der Waals surface area contributed by atoms with Crippen LogP contribution >= 0.6 is 0 Å². The molecule has 0 aliphatic carbocycles. The van der Waals surface area contributed by atoms with Gasteiger partial charge in [-0.3, -0.25) is 0 Å². The number of aliphatic hydroxyl groups excluding tert-OH is 1. The van der Waals surface area contributed by atoms with Gasteiger partial charge in [-0.2, -0.15) is 0 Å². The molecule has 4 aliphatic heterocycles. The minimum Gasteiger partial charge on any atom is -0.391 e. The molecule has 3 aromatic rings. The molecule has 330 valence electrons. The van der Waals surface area contributed by atoms with Crippen LogP contribution in [0.15, 0.2) is 91.0 Å². The zero-order chi connectivity index (χ0) is 42.7. The topological polar surface area (TPSA) is 113 Å². The van der Waals surface area contributed by atoms with E-state index >= 15 is 0 Å². The van der Waals surface area contributed by atoms with Crippen LogP contribution in [-0.2, 0) is 60.3 Å². The van der Waals surface area contributed by atoms with E-state index in [-0.39, 0.29) is 38.3 Å². The molecule has 1 N–H and O–H groups in total. The highest BCUT2D eigenvalue weighted by atomic mass is 28.4. The number of rotatable bonds is 17. The van der Waals surface area contributed by atoms with E-state index in [1.165, 1.54) is 0 Å². The SMILES string of the molecule is CC1O[C@@H](O[Si](C(C)C)(C(C)C)C(C)C)[C@@H](C)C(O)[C@H]1O[C@@H]1OC[C@@H](C)C(O[C@@]23COCC2(COCc2ccccc2)O[C@@H](c2ccccc2)O3)[C@H]1OCc1ccccc1. The number of hydrogen-bond acceptors (Lipinski definition) is 11. The average Bonchev–Trinajstić information content (AvgIpc) is 3.73. The lowest BCUT2D eigenvalue weighted by Crippen LogP contribution is -2.64. The van der Waals surface area contributed by atoms with Gasteiger partial charge in [-0.25, -0.2) is 0 Å². The van der Waals surface area contributed by atoms with Crippen LogP contribution in [0, 0.1) is 11.8 Å². The smallest absolute Gasteiger partial charge is 0.229 e. The standard InChI is InChI=1S/C48H68O11Si/c1-31(2)60(32(3)4,33(5)6)59-44-35(8)40(49)42(36(9)54-44)55-46-43(52-27-38-21-15-11-16-22-38)41(34(7)25-53-46)56-48-30-51-29-47(48,28-50-26-37-19-13-10-14-20-37)57-45(58-48)39-23-17-12-18-24-39/h10-24,31-36,40-46,49H,25-30H2,1-9H3/t34-,35+,36?,40?,41?,42+,43-,44+,45-,46+,47?,48-/m1/s1. The van der Waals surface area contributed by atoms with Crippen molar-refractivity contribution >= 4 is 8.32 Å². The lowest BCUT2D eigenvalue weighted by atomic mass is 9.91. The fourth-order valence-corrected chi connectivity index (χ4v) is 15.4. The molecule has 0 bridgehead atoms. The van der Waals surface area contributed by atoms with Gasteiger partial charge in [0.05, 0.1) is 51.3 Å². The van der Waals surface area contributed by atoms with Gasteiger partial charge in [0.1, 0.15) is 18.8 Å². The summed E-state index contributed by atoms with van der Waals surface area (Å²) in [5.74, 6) is -1.89. The van der Waals surface area contributed by atoms with Gasteiger partial charge < -0.3 is 52.2 Å². The van der Waals surface area contributed by atoms with E-state index in [9.17, 15) is 5.11 Å². The Morgan fingerprint density at radius 2 is 1.32 bits per heavy atom. The lowest BCUT2D eigenvalue weighted by Gasteiger charge is -2.51. The Bertz CT molecular complexity index is 1750. The average molecular weight is 849 g/mol. The molecular formula is C48H68O11Si. The van der Waals surface area contributed by atoms with Crippen LogP contribution in [0.25, 0.3) is 0 Å². The summed E-state index contributed by atoms with van der Waals surface area (Å²) in [5.41, 5.74) is 2.88. The van der Waals surface area contributed by atoms with Crippen LogP contribution in [0.1, 0.15) is 85.3 Å². The first-order valence-corrected chi connectivity index (χ1v) is 24.1. The second-order valence-electron chi connectivity index (χ2n) is 18.3. The van der Waals surface area contributed by atoms with Gasteiger partial charge in [0.25, 0.3) is 0 Å². The molecule has 0 spiro atoms. The predicted molar refractivity (Wildman–Crippen MR) is 229 cm³/mol. The molecule has 0 aromatic heterocycles. The molecule has 3 aromatic carbocycles. The summed E-state index contributed by atoms with van der Waals surface area (Å²) in [7, 11) is -2.32. The van der Waals surface area contributed by atoms with E-state index in [1.54, 1.807) is 0 Å². The van der Waals surface area contributed by atoms with E-state index in [2.05, 4.69) is 48.5 Å². The van der Waals surface area contributed by atoms with Crippen LogP contribution in [0.5, 0.6) is 0 Å². The van der Waals surface area contributed by atoms with Gasteiger partial charge in [-0.05, 0) is 34.7 Å². The fraction of sp³-hybridized carbons (Fsp3) is 0.625. The highest BCUT2D eigenvalue weighted by Gasteiger charge is 2.69. The monoisotopic (exact) mass is 848 g/mol. The number of benzene rings is 3. The quantitative estimate of drug-likeness (QED) is 0.132. The summed E-state index contributed by atoms with van der Waals surface area (Å²) in [6.07, 6.45) is -5.72. The number of aliphatic hydroxyl groups is 1. The Hall–Kier alpha value is -2.56. The Kier molecular flexibility index (Phi) is 14.7. The van der Waals surface area contributed by atoms with Gasteiger partial charge in [0, 0.05) is 17.4 Å². The lowest BCUT2D eigenvalue weighted by molar-refractivity contribution is -0.358. The molecule has 4 heterocycles. The van der Waals surface area contributed by atoms with Crippen molar-refractivity contribution in [3.05, 3.63) is 108 Å². The maximum Gasteiger partial charge on any atom is 0.229 e. The molecule has 4 fully saturated rings. The number of hydrogen-bond donors (Lipinski definition) is 1. The summed E-state index contributed by atoms with van der Waals surface area (Å²) in [5, 5.41) is 12.1. The second-order valence-corrected chi connectivity index (χ2v) is 23.7. The Balaban J connectivity index is 1.16. The molecule has 12 atom stereocenters. The van der Waals surface area contributed by atoms with Gasteiger partial charge in [-0.15, -0.1) is 0 Å². The van der Waals surface area contributed by atoms with Crippen molar-refractivity contribution in [1.82, 2.24) is 0 Å². The van der Waals surface area contributed by atoms with Gasteiger partial charge >= 0.3 is 0 Å². The van der Waals surface area contributed by atoms with Crippen LogP contribution in [-0.4, -0.2) is 94.3 Å². The van der Waals surface area contributed by atoms with E-state index in [1.807, 2.05) is 105 Å². The Morgan fingerprint density at radius 1 is 0.717 bits per heavy atom. The minimum absolute atomic E-state index is 0.116. The zero-order valence-corrected chi connectivity index (χ0v) is 37.9. The van der Waals surface area contributed by atoms with Crippen molar-refractivity contribution in [3.63, 3.8) is 0 Å². The normalized spacial score (nSPS) is 34.8. The number of fused-ring (bicyclic) bond motifs is 1. The number of ether oxygens (including phenoxy) is 9. The molecule has 4 unspecified atom stereocenters. The van der Waals surface area contributed by atoms with E-state index in [0.29, 0.717) is 29.8 Å². The summed E-state index contributed by atoms with van der Waals surface area (Å²) >= 11 is 0. The van der Waals surface area contributed by atoms with Crippen LogP contribution in [0.3, 0.4) is 0 Å². The van der Waals surface area contributed by atoms with Gasteiger partial charge in [0.2, 0.25) is 14.1 Å². The molecule has 4 aliphatic rings. The van der Waals surface area contributed by atoms with Crippen molar-refractivity contribution in [2.75, 3.05) is 26.4 Å². The van der Waals surface area contributed by atoms with Crippen LogP contribution < -0.4 is 0 Å². The van der Waals surface area contributed by atoms with Crippen molar-refractivity contribution in [2.24, 2.45) is 11.8 Å². The van der Waals surface area contributed by atoms with E-state index in [0.717, 1.165) is 16.7 Å². The van der Waals surface area contributed by atoms with E-state index in [4.69, 9.17) is 47.1 Å². The molecule has 11 nitrogen and oxygen atoms in total. The molecule has 0 amide bonds. The Morgan fingerprint density at radius 3 is 1.93 bits per heavy atom. The summed E-state index contributed by atoms with van der Waals surface area (Å²) < 4.78 is 67.7. The van der Waals surface area contributed by atoms with Crippen LogP contribution in [0.4, 0.5) is 0 Å². The maximum atomic E-state index is 12.1. The molecule has 0 radical (unpaired) electrons. The summed E-state index contributed by atoms with van der Waals surface area (Å²) in [6, 6.07) is 29.9. The molecule has 60 heavy (non-hydrogen) atoms. The van der Waals surface area contributed by atoms with Crippen molar-refractivity contribution in [1.29, 1.82) is 0 Å². The van der Waals surface area contributed by atoms with E-state index < -0.39 is 69.1 Å². The second kappa shape index (κ2) is 19.4. The predicted octanol–water partition coefficient (Wildman–Crippen LogP) is 8.70. The molecular weight excluding hydrogens is 781 g/mol. The van der Waals surface area contributed by atoms with Crippen LogP contribution in [0.2, 0.25) is 16.6 Å². The molecule has 0 saturated carbocycles. The zero-order valence-electron chi connectivity index (χ0n) is 36.9. The minimum atomic E-state index is -2.32. The third kappa shape index (κ3) is 9.23. The third-order valence-electron chi connectivity index (χ3n) is 13.2. The first-order valence-electron chi connectivity index (χ1n) is 22.0. The third-order valence-corrected chi connectivity index (χ3v) is 19.2. The maximum absolute atomic E-state index is 12.1. The van der Waals surface area contributed by atoms with Crippen molar-refractivity contribution < 1.29 is 52.2 Å². The summed E-state index contributed by atoms with van der Waals surface area (Å²) in [6.45, 7) is 21.0.